The predicted octanol–water partition coefficient (Wildman–Crippen LogP) is 3.37. The summed E-state index contributed by atoms with van der Waals surface area (Å²) in [6, 6.07) is 8.68. The number of hydrogen-bond donors (Lipinski definition) is 1. The molecule has 0 aliphatic heterocycles. The van der Waals surface area contributed by atoms with E-state index in [1.165, 1.54) is 17.7 Å². The number of pyridine rings is 1. The number of aliphatic hydroxyl groups excluding tert-OH is 1. The lowest BCUT2D eigenvalue weighted by Crippen LogP contribution is -2.27. The molecule has 0 saturated heterocycles. The van der Waals surface area contributed by atoms with Gasteiger partial charge in [0, 0.05) is 22.7 Å². The van der Waals surface area contributed by atoms with Crippen LogP contribution in [0.25, 0.3) is 0 Å². The van der Waals surface area contributed by atoms with Crippen LogP contribution in [0.1, 0.15) is 36.3 Å². The lowest BCUT2D eigenvalue weighted by molar-refractivity contribution is 0.199. The topological polar surface area (TPSA) is 36.4 Å². The van der Waals surface area contributed by atoms with Crippen LogP contribution in [0.5, 0.6) is 0 Å². The Bertz CT molecular complexity index is 535. The van der Waals surface area contributed by atoms with E-state index in [-0.39, 0.29) is 0 Å². The zero-order valence-corrected chi connectivity index (χ0v) is 11.8. The van der Waals surface area contributed by atoms with E-state index in [1.807, 2.05) is 18.3 Å². The molecule has 19 heavy (non-hydrogen) atoms. The van der Waals surface area contributed by atoms with E-state index >= 15 is 0 Å². The van der Waals surface area contributed by atoms with Crippen molar-refractivity contribution in [1.82, 2.24) is 4.98 Å². The van der Waals surface area contributed by atoms with Crippen LogP contribution < -0.4 is 4.90 Å². The Morgan fingerprint density at radius 3 is 2.89 bits per heavy atom. The fourth-order valence-electron chi connectivity index (χ4n) is 2.31. The van der Waals surface area contributed by atoms with Crippen molar-refractivity contribution in [3.8, 4) is 0 Å². The number of aliphatic hydroxyl groups is 1. The van der Waals surface area contributed by atoms with Gasteiger partial charge in [0.25, 0.3) is 0 Å². The molecule has 1 aliphatic rings. The second-order valence-electron chi connectivity index (χ2n) is 5.03. The van der Waals surface area contributed by atoms with Crippen molar-refractivity contribution in [2.45, 2.75) is 38.5 Å². The third kappa shape index (κ3) is 2.80. The summed E-state index contributed by atoms with van der Waals surface area (Å²) in [5.74, 6) is 0.938. The Morgan fingerprint density at radius 2 is 2.26 bits per heavy atom. The minimum Gasteiger partial charge on any atom is -0.389 e. The van der Waals surface area contributed by atoms with Gasteiger partial charge in [-0.2, -0.15) is 0 Å². The molecule has 0 radical (unpaired) electrons. The molecule has 0 aromatic carbocycles. The standard InChI is InChI=1S/C15H18N2OS/c1-11(18)14-5-2-8-16-15(14)17(12-6-7-12)10-13-4-3-9-19-13/h2-5,8-9,11-12,18H,6-7,10H2,1H3. The lowest BCUT2D eigenvalue weighted by atomic mass is 10.1. The highest BCUT2D eigenvalue weighted by Crippen LogP contribution is 2.35. The van der Waals surface area contributed by atoms with Crippen molar-refractivity contribution in [2.75, 3.05) is 4.90 Å². The number of anilines is 1. The molecule has 0 bridgehead atoms. The molecule has 3 nitrogen and oxygen atoms in total. The van der Waals surface area contributed by atoms with E-state index in [0.717, 1.165) is 17.9 Å². The van der Waals surface area contributed by atoms with Crippen molar-refractivity contribution in [1.29, 1.82) is 0 Å². The summed E-state index contributed by atoms with van der Waals surface area (Å²) in [5, 5.41) is 12.0. The Labute approximate surface area is 117 Å². The molecule has 1 aliphatic carbocycles. The molecule has 2 aromatic rings. The molecule has 3 rings (SSSR count). The van der Waals surface area contributed by atoms with Crippen LogP contribution in [0.3, 0.4) is 0 Å². The van der Waals surface area contributed by atoms with Gasteiger partial charge in [0.05, 0.1) is 12.6 Å². The molecule has 1 saturated carbocycles. The highest BCUT2D eigenvalue weighted by molar-refractivity contribution is 7.09. The van der Waals surface area contributed by atoms with Gasteiger partial charge in [-0.25, -0.2) is 4.98 Å². The van der Waals surface area contributed by atoms with Gasteiger partial charge in [-0.1, -0.05) is 12.1 Å². The van der Waals surface area contributed by atoms with E-state index in [4.69, 9.17) is 0 Å². The first-order valence-electron chi connectivity index (χ1n) is 6.67. The number of thiophene rings is 1. The van der Waals surface area contributed by atoms with E-state index in [2.05, 4.69) is 27.4 Å². The van der Waals surface area contributed by atoms with Crippen LogP contribution in [-0.2, 0) is 6.54 Å². The van der Waals surface area contributed by atoms with Crippen molar-refractivity contribution in [3.63, 3.8) is 0 Å². The smallest absolute Gasteiger partial charge is 0.134 e. The zero-order chi connectivity index (χ0) is 13.2. The van der Waals surface area contributed by atoms with Crippen LogP contribution in [0, 0.1) is 0 Å². The Kier molecular flexibility index (Phi) is 3.53. The Balaban J connectivity index is 1.92. The molecule has 1 unspecified atom stereocenters. The van der Waals surface area contributed by atoms with Gasteiger partial charge < -0.3 is 10.0 Å². The van der Waals surface area contributed by atoms with Gasteiger partial charge >= 0.3 is 0 Å². The van der Waals surface area contributed by atoms with Crippen LogP contribution in [0.15, 0.2) is 35.8 Å². The quantitative estimate of drug-likeness (QED) is 0.908. The lowest BCUT2D eigenvalue weighted by Gasteiger charge is -2.26. The number of aromatic nitrogens is 1. The maximum Gasteiger partial charge on any atom is 0.134 e. The molecule has 2 heterocycles. The Hall–Kier alpha value is -1.39. The second kappa shape index (κ2) is 5.31. The van der Waals surface area contributed by atoms with Crippen LogP contribution in [0.2, 0.25) is 0 Å². The van der Waals surface area contributed by atoms with Crippen LogP contribution >= 0.6 is 11.3 Å². The third-order valence-corrected chi connectivity index (χ3v) is 4.29. The largest absolute Gasteiger partial charge is 0.389 e. The molecule has 1 fully saturated rings. The van der Waals surface area contributed by atoms with Crippen molar-refractivity contribution in [3.05, 3.63) is 46.3 Å². The SMILES string of the molecule is CC(O)c1cccnc1N(Cc1cccs1)C1CC1. The molecule has 100 valence electrons. The first-order chi connectivity index (χ1) is 9.25. The van der Waals surface area contributed by atoms with E-state index in [1.54, 1.807) is 18.3 Å². The highest BCUT2D eigenvalue weighted by Gasteiger charge is 2.31. The fraction of sp³-hybridized carbons (Fsp3) is 0.400. The summed E-state index contributed by atoms with van der Waals surface area (Å²) in [6.45, 7) is 2.69. The van der Waals surface area contributed by atoms with Crippen LogP contribution in [0.4, 0.5) is 5.82 Å². The average Bonchev–Trinajstić information content (AvgIpc) is 3.13. The minimum absolute atomic E-state index is 0.478. The van der Waals surface area contributed by atoms with Gasteiger partial charge in [-0.05, 0) is 37.3 Å². The summed E-state index contributed by atoms with van der Waals surface area (Å²) in [7, 11) is 0. The second-order valence-corrected chi connectivity index (χ2v) is 6.06. The summed E-state index contributed by atoms with van der Waals surface area (Å²) >= 11 is 1.77. The van der Waals surface area contributed by atoms with Gasteiger partial charge in [0.2, 0.25) is 0 Å². The van der Waals surface area contributed by atoms with Crippen LogP contribution in [-0.4, -0.2) is 16.1 Å². The van der Waals surface area contributed by atoms with Crippen molar-refractivity contribution < 1.29 is 5.11 Å². The molecule has 1 atom stereocenters. The van der Waals surface area contributed by atoms with Gasteiger partial charge in [-0.3, -0.25) is 0 Å². The summed E-state index contributed by atoms with van der Waals surface area (Å²) in [4.78, 5) is 8.20. The van der Waals surface area contributed by atoms with E-state index in [9.17, 15) is 5.11 Å². The Morgan fingerprint density at radius 1 is 1.42 bits per heavy atom. The normalized spacial score (nSPS) is 16.3. The van der Waals surface area contributed by atoms with Gasteiger partial charge in [0.15, 0.2) is 0 Å². The zero-order valence-electron chi connectivity index (χ0n) is 11.0. The summed E-state index contributed by atoms with van der Waals surface area (Å²) in [5.41, 5.74) is 0.922. The fourth-order valence-corrected chi connectivity index (χ4v) is 3.01. The minimum atomic E-state index is -0.478. The molecule has 2 aromatic heterocycles. The number of hydrogen-bond acceptors (Lipinski definition) is 4. The van der Waals surface area contributed by atoms with E-state index in [0.29, 0.717) is 6.04 Å². The van der Waals surface area contributed by atoms with E-state index < -0.39 is 6.10 Å². The molecule has 0 amide bonds. The molecular formula is C15H18N2OS. The number of rotatable bonds is 5. The third-order valence-electron chi connectivity index (χ3n) is 3.43. The monoisotopic (exact) mass is 274 g/mol. The number of nitrogens with zero attached hydrogens (tertiary/aromatic N) is 2. The molecule has 1 N–H and O–H groups in total. The maximum absolute atomic E-state index is 9.92. The summed E-state index contributed by atoms with van der Waals surface area (Å²) < 4.78 is 0. The van der Waals surface area contributed by atoms with Gasteiger partial charge in [0.1, 0.15) is 5.82 Å². The van der Waals surface area contributed by atoms with Crippen molar-refractivity contribution in [2.24, 2.45) is 0 Å². The molecular weight excluding hydrogens is 256 g/mol. The molecule has 0 spiro atoms. The highest BCUT2D eigenvalue weighted by atomic mass is 32.1. The maximum atomic E-state index is 9.92. The molecule has 4 heteroatoms. The van der Waals surface area contributed by atoms with Gasteiger partial charge in [-0.15, -0.1) is 11.3 Å². The average molecular weight is 274 g/mol. The summed E-state index contributed by atoms with van der Waals surface area (Å²) in [6.07, 6.45) is 3.78. The first kappa shape index (κ1) is 12.6. The first-order valence-corrected chi connectivity index (χ1v) is 7.55. The predicted molar refractivity (Wildman–Crippen MR) is 78.4 cm³/mol. The van der Waals surface area contributed by atoms with Crippen molar-refractivity contribution >= 4 is 17.2 Å².